The topological polar surface area (TPSA) is 95.1 Å². The average Bonchev–Trinajstić information content (AvgIpc) is 3.47. The summed E-state index contributed by atoms with van der Waals surface area (Å²) < 4.78 is 21.4. The van der Waals surface area contributed by atoms with E-state index in [1.807, 2.05) is 12.1 Å². The van der Waals surface area contributed by atoms with E-state index in [1.165, 1.54) is 6.08 Å². The average molecular weight is 436 g/mol. The SMILES string of the molecule is O=C(/C=C/c1ccc2c(c1)OCO2)NC1(C(=O)Nc2ccc3c(c2)OCO3)CCCCC1. The fourth-order valence-corrected chi connectivity index (χ4v) is 4.26. The normalized spacial score (nSPS) is 17.9. The van der Waals surface area contributed by atoms with Crippen molar-refractivity contribution in [1.29, 1.82) is 0 Å². The summed E-state index contributed by atoms with van der Waals surface area (Å²) in [6, 6.07) is 10.7. The second kappa shape index (κ2) is 8.45. The van der Waals surface area contributed by atoms with Crippen molar-refractivity contribution in [3.05, 3.63) is 48.0 Å². The quantitative estimate of drug-likeness (QED) is 0.696. The van der Waals surface area contributed by atoms with Crippen LogP contribution in [0.5, 0.6) is 23.0 Å². The van der Waals surface area contributed by atoms with E-state index in [-0.39, 0.29) is 25.4 Å². The van der Waals surface area contributed by atoms with Crippen LogP contribution in [0.15, 0.2) is 42.5 Å². The fraction of sp³-hybridized carbons (Fsp3) is 0.333. The standard InChI is InChI=1S/C24H24N2O6/c27-22(9-5-16-4-7-18-20(12-16)31-14-29-18)26-24(10-2-1-3-11-24)23(28)25-17-6-8-19-21(13-17)32-15-30-19/h4-9,12-13H,1-3,10-11,14-15H2,(H,25,28)(H,26,27)/b9-5+. The highest BCUT2D eigenvalue weighted by atomic mass is 16.7. The lowest BCUT2D eigenvalue weighted by Crippen LogP contribution is -2.57. The summed E-state index contributed by atoms with van der Waals surface area (Å²) in [7, 11) is 0. The predicted molar refractivity (Wildman–Crippen MR) is 117 cm³/mol. The fourth-order valence-electron chi connectivity index (χ4n) is 4.26. The molecule has 0 radical (unpaired) electrons. The molecule has 2 aromatic rings. The van der Waals surface area contributed by atoms with E-state index in [0.29, 0.717) is 41.5 Å². The van der Waals surface area contributed by atoms with Gasteiger partial charge in [-0.15, -0.1) is 0 Å². The summed E-state index contributed by atoms with van der Waals surface area (Å²) in [5.74, 6) is 2.05. The number of ether oxygens (including phenoxy) is 4. The molecule has 1 saturated carbocycles. The molecule has 5 rings (SSSR count). The van der Waals surface area contributed by atoms with Gasteiger partial charge in [0.15, 0.2) is 23.0 Å². The van der Waals surface area contributed by atoms with Crippen molar-refractivity contribution >= 4 is 23.6 Å². The number of fused-ring (bicyclic) bond motifs is 2. The van der Waals surface area contributed by atoms with Crippen LogP contribution in [-0.4, -0.2) is 30.9 Å². The van der Waals surface area contributed by atoms with Gasteiger partial charge in [0.2, 0.25) is 25.4 Å². The lowest BCUT2D eigenvalue weighted by Gasteiger charge is -2.36. The first-order chi connectivity index (χ1) is 15.6. The summed E-state index contributed by atoms with van der Waals surface area (Å²) in [4.78, 5) is 26.0. The highest BCUT2D eigenvalue weighted by Crippen LogP contribution is 2.36. The Bertz CT molecular complexity index is 1070. The number of carbonyl (C=O) groups is 2. The number of nitrogens with one attached hydrogen (secondary N) is 2. The first-order valence-electron chi connectivity index (χ1n) is 10.7. The zero-order valence-electron chi connectivity index (χ0n) is 17.5. The Balaban J connectivity index is 1.29. The maximum absolute atomic E-state index is 13.3. The van der Waals surface area contributed by atoms with Gasteiger partial charge in [-0.2, -0.15) is 0 Å². The minimum atomic E-state index is -0.953. The summed E-state index contributed by atoms with van der Waals surface area (Å²) in [6.07, 6.45) is 7.12. The lowest BCUT2D eigenvalue weighted by molar-refractivity contribution is -0.129. The highest BCUT2D eigenvalue weighted by Gasteiger charge is 2.40. The molecule has 2 N–H and O–H groups in total. The van der Waals surface area contributed by atoms with Crippen LogP contribution >= 0.6 is 0 Å². The molecule has 8 heteroatoms. The third kappa shape index (κ3) is 4.08. The summed E-state index contributed by atoms with van der Waals surface area (Å²) in [6.45, 7) is 0.367. The van der Waals surface area contributed by atoms with Crippen molar-refractivity contribution in [2.24, 2.45) is 0 Å². The van der Waals surface area contributed by atoms with Gasteiger partial charge in [-0.1, -0.05) is 25.3 Å². The molecule has 0 aromatic heterocycles. The van der Waals surface area contributed by atoms with E-state index in [9.17, 15) is 9.59 Å². The molecular weight excluding hydrogens is 412 g/mol. The minimum Gasteiger partial charge on any atom is -0.454 e. The molecule has 0 spiro atoms. The molecule has 2 heterocycles. The molecule has 2 aromatic carbocycles. The molecule has 32 heavy (non-hydrogen) atoms. The van der Waals surface area contributed by atoms with Gasteiger partial charge in [0.1, 0.15) is 5.54 Å². The summed E-state index contributed by atoms with van der Waals surface area (Å²) >= 11 is 0. The van der Waals surface area contributed by atoms with Gasteiger partial charge in [0.25, 0.3) is 0 Å². The van der Waals surface area contributed by atoms with E-state index in [1.54, 1.807) is 30.3 Å². The smallest absolute Gasteiger partial charge is 0.250 e. The van der Waals surface area contributed by atoms with Gasteiger partial charge in [-0.05, 0) is 48.7 Å². The Kier molecular flexibility index (Phi) is 5.34. The Labute approximate surface area is 185 Å². The van der Waals surface area contributed by atoms with Crippen molar-refractivity contribution in [3.8, 4) is 23.0 Å². The van der Waals surface area contributed by atoms with Gasteiger partial charge in [-0.25, -0.2) is 0 Å². The second-order valence-electron chi connectivity index (χ2n) is 8.10. The Morgan fingerprint density at radius 1 is 0.812 bits per heavy atom. The van der Waals surface area contributed by atoms with Crippen LogP contribution < -0.4 is 29.6 Å². The van der Waals surface area contributed by atoms with E-state index in [0.717, 1.165) is 24.8 Å². The zero-order chi connectivity index (χ0) is 22.0. The molecule has 0 atom stereocenters. The van der Waals surface area contributed by atoms with Crippen LogP contribution in [0.2, 0.25) is 0 Å². The van der Waals surface area contributed by atoms with Gasteiger partial charge >= 0.3 is 0 Å². The minimum absolute atomic E-state index is 0.169. The number of benzene rings is 2. The number of hydrogen-bond acceptors (Lipinski definition) is 6. The van der Waals surface area contributed by atoms with Gasteiger partial charge in [0.05, 0.1) is 0 Å². The van der Waals surface area contributed by atoms with E-state index in [2.05, 4.69) is 10.6 Å². The molecule has 8 nitrogen and oxygen atoms in total. The third-order valence-corrected chi connectivity index (χ3v) is 5.96. The molecule has 0 unspecified atom stereocenters. The van der Waals surface area contributed by atoms with Gasteiger partial charge < -0.3 is 29.6 Å². The molecule has 0 bridgehead atoms. The third-order valence-electron chi connectivity index (χ3n) is 5.96. The number of anilines is 1. The molecule has 1 fully saturated rings. The molecule has 2 amide bonds. The summed E-state index contributed by atoms with van der Waals surface area (Å²) in [5.41, 5.74) is 0.464. The molecule has 1 aliphatic carbocycles. The van der Waals surface area contributed by atoms with Crippen LogP contribution in [0, 0.1) is 0 Å². The van der Waals surface area contributed by atoms with Crippen LogP contribution in [0.4, 0.5) is 5.69 Å². The number of hydrogen-bond donors (Lipinski definition) is 2. The van der Waals surface area contributed by atoms with Crippen LogP contribution in [0.1, 0.15) is 37.7 Å². The van der Waals surface area contributed by atoms with Gasteiger partial charge in [-0.3, -0.25) is 9.59 Å². The Morgan fingerprint density at radius 3 is 2.22 bits per heavy atom. The first kappa shape index (κ1) is 20.2. The van der Waals surface area contributed by atoms with Crippen molar-refractivity contribution < 1.29 is 28.5 Å². The van der Waals surface area contributed by atoms with E-state index < -0.39 is 5.54 Å². The van der Waals surface area contributed by atoms with Crippen molar-refractivity contribution in [2.75, 3.05) is 18.9 Å². The number of carbonyl (C=O) groups excluding carboxylic acids is 2. The zero-order valence-corrected chi connectivity index (χ0v) is 17.5. The predicted octanol–water partition coefficient (Wildman–Crippen LogP) is 3.62. The molecule has 3 aliphatic rings. The number of amides is 2. The molecule has 0 saturated heterocycles. The monoisotopic (exact) mass is 436 g/mol. The van der Waals surface area contributed by atoms with Crippen molar-refractivity contribution in [1.82, 2.24) is 5.32 Å². The summed E-state index contributed by atoms with van der Waals surface area (Å²) in [5, 5.41) is 5.92. The molecule has 2 aliphatic heterocycles. The second-order valence-corrected chi connectivity index (χ2v) is 8.10. The van der Waals surface area contributed by atoms with E-state index in [4.69, 9.17) is 18.9 Å². The highest BCUT2D eigenvalue weighted by molar-refractivity contribution is 6.03. The van der Waals surface area contributed by atoms with Crippen LogP contribution in [0.3, 0.4) is 0 Å². The van der Waals surface area contributed by atoms with Crippen LogP contribution in [-0.2, 0) is 9.59 Å². The molecule has 166 valence electrons. The van der Waals surface area contributed by atoms with Crippen molar-refractivity contribution in [2.45, 2.75) is 37.6 Å². The maximum atomic E-state index is 13.3. The van der Waals surface area contributed by atoms with Crippen molar-refractivity contribution in [3.63, 3.8) is 0 Å². The largest absolute Gasteiger partial charge is 0.454 e. The maximum Gasteiger partial charge on any atom is 0.250 e. The Morgan fingerprint density at radius 2 is 1.47 bits per heavy atom. The molecular formula is C24H24N2O6. The van der Waals surface area contributed by atoms with Crippen LogP contribution in [0.25, 0.3) is 6.08 Å². The van der Waals surface area contributed by atoms with E-state index >= 15 is 0 Å². The Hall–Kier alpha value is -3.68. The lowest BCUT2D eigenvalue weighted by atomic mass is 9.80. The van der Waals surface area contributed by atoms with Gasteiger partial charge in [0, 0.05) is 17.8 Å². The first-order valence-corrected chi connectivity index (χ1v) is 10.7. The number of rotatable bonds is 5.